The highest BCUT2D eigenvalue weighted by Crippen LogP contribution is 2.48. The zero-order chi connectivity index (χ0) is 55.1. The van der Waals surface area contributed by atoms with E-state index in [-0.39, 0.29) is 0 Å². The Morgan fingerprint density at radius 1 is 0.337 bits per heavy atom. The second-order valence-electron chi connectivity index (χ2n) is 21.2. The van der Waals surface area contributed by atoms with Gasteiger partial charge in [-0.1, -0.05) is 236 Å². The minimum Gasteiger partial charge on any atom is -0.454 e. The van der Waals surface area contributed by atoms with E-state index in [4.69, 9.17) is 4.42 Å². The lowest BCUT2D eigenvalue weighted by molar-refractivity contribution is 0.669. The van der Waals surface area contributed by atoms with Gasteiger partial charge < -0.3 is 19.5 Å². The third kappa shape index (κ3) is 9.40. The summed E-state index contributed by atoms with van der Waals surface area (Å²) < 4.78 is 7.22. The fourth-order valence-electron chi connectivity index (χ4n) is 12.0. The molecule has 1 N–H and O–H groups in total. The predicted molar refractivity (Wildman–Crippen MR) is 350 cm³/mol. The van der Waals surface area contributed by atoms with Crippen molar-refractivity contribution in [3.05, 3.63) is 315 Å². The molecule has 14 aromatic rings. The van der Waals surface area contributed by atoms with Gasteiger partial charge in [0, 0.05) is 56.1 Å². The Labute approximate surface area is 484 Å². The van der Waals surface area contributed by atoms with Crippen LogP contribution in [-0.2, 0) is 0 Å². The van der Waals surface area contributed by atoms with E-state index in [2.05, 4.69) is 338 Å². The van der Waals surface area contributed by atoms with Crippen LogP contribution in [0.25, 0.3) is 88.7 Å². The molecule has 1 aliphatic rings. The first-order chi connectivity index (χ1) is 41.1. The third-order valence-corrected chi connectivity index (χ3v) is 16.1. The first kappa shape index (κ1) is 49.2. The Kier molecular flexibility index (Phi) is 12.6. The molecule has 0 unspecified atom stereocenters. The maximum atomic E-state index is 7.22. The Bertz CT molecular complexity index is 4560. The Balaban J connectivity index is 0.962. The van der Waals surface area contributed by atoms with E-state index in [1.54, 1.807) is 0 Å². The van der Waals surface area contributed by atoms with Crippen LogP contribution < -0.4 is 26.0 Å². The van der Waals surface area contributed by atoms with Gasteiger partial charge in [-0.15, -0.1) is 0 Å². The van der Waals surface area contributed by atoms with Gasteiger partial charge in [-0.3, -0.25) is 0 Å². The summed E-state index contributed by atoms with van der Waals surface area (Å²) >= 11 is 0. The minimum absolute atomic E-state index is 0.816. The fourth-order valence-corrected chi connectivity index (χ4v) is 12.0. The zero-order valence-corrected chi connectivity index (χ0v) is 45.4. The molecule has 0 bridgehead atoms. The summed E-state index contributed by atoms with van der Waals surface area (Å²) in [6.07, 6.45) is 0. The number of anilines is 8. The summed E-state index contributed by atoms with van der Waals surface area (Å²) in [7, 11) is 2.39. The van der Waals surface area contributed by atoms with Gasteiger partial charge in [0.2, 0.25) is 0 Å². The number of nitrogens with one attached hydrogen (secondary N) is 1. The normalized spacial score (nSPS) is 11.7. The van der Waals surface area contributed by atoms with Crippen molar-refractivity contribution in [2.24, 2.45) is 0 Å². The van der Waals surface area contributed by atoms with Crippen LogP contribution in [0.5, 0.6) is 0 Å². The number of rotatable bonds is 12. The van der Waals surface area contributed by atoms with Crippen LogP contribution in [0.4, 0.5) is 45.5 Å². The molecule has 0 aliphatic carbocycles. The lowest BCUT2D eigenvalue weighted by Crippen LogP contribution is -2.41. The second kappa shape index (κ2) is 21.3. The van der Waals surface area contributed by atoms with E-state index in [0.717, 1.165) is 128 Å². The molecule has 0 saturated heterocycles. The maximum Gasteiger partial charge on any atom is 0.198 e. The average molecular weight is 1060 g/mol. The molecule has 4 nitrogen and oxygen atoms in total. The van der Waals surface area contributed by atoms with E-state index >= 15 is 0 Å². The van der Waals surface area contributed by atoms with Gasteiger partial charge in [0.1, 0.15) is 5.58 Å². The van der Waals surface area contributed by atoms with Gasteiger partial charge in [-0.05, 0) is 152 Å². The highest BCUT2D eigenvalue weighted by atomic mass is 16.3. The summed E-state index contributed by atoms with van der Waals surface area (Å²) in [5.41, 5.74) is 25.5. The Morgan fingerprint density at radius 3 is 1.40 bits per heavy atom. The first-order valence-corrected chi connectivity index (χ1v) is 28.3. The summed E-state index contributed by atoms with van der Waals surface area (Å²) in [5.74, 6) is 0. The molecule has 83 heavy (non-hydrogen) atoms. The van der Waals surface area contributed by atoms with E-state index in [9.17, 15) is 0 Å². The van der Waals surface area contributed by atoms with Gasteiger partial charge >= 0.3 is 0 Å². The number of furan rings is 1. The highest BCUT2D eigenvalue weighted by Gasteiger charge is 2.33. The quantitative estimate of drug-likeness (QED) is 0.124. The molecule has 1 radical (unpaired) electrons. The molecule has 13 aromatic carbocycles. The number of para-hydroxylation sites is 1. The molecule has 1 aromatic heterocycles. The van der Waals surface area contributed by atoms with E-state index in [0.29, 0.717) is 0 Å². The van der Waals surface area contributed by atoms with Crippen LogP contribution in [0.2, 0.25) is 0 Å². The van der Waals surface area contributed by atoms with E-state index < -0.39 is 0 Å². The van der Waals surface area contributed by atoms with Crippen molar-refractivity contribution in [3.63, 3.8) is 0 Å². The first-order valence-electron chi connectivity index (χ1n) is 28.3. The molecule has 0 fully saturated rings. The van der Waals surface area contributed by atoms with Gasteiger partial charge in [0.25, 0.3) is 0 Å². The number of nitrogens with zero attached hydrogens (tertiary/aromatic N) is 2. The van der Waals surface area contributed by atoms with Crippen molar-refractivity contribution in [1.29, 1.82) is 0 Å². The molecule has 15 rings (SSSR count). The van der Waals surface area contributed by atoms with Gasteiger partial charge in [-0.25, -0.2) is 0 Å². The van der Waals surface area contributed by atoms with Gasteiger partial charge in [0.15, 0.2) is 12.9 Å². The van der Waals surface area contributed by atoms with Crippen LogP contribution in [0.15, 0.2) is 320 Å². The standard InChI is InChI=1S/C78H53BN3O/c1-6-20-53(21-7-1)58-36-41-64(42-37-58)81(65-43-38-59(39-44-65)54-22-8-2-9-23-54)67-45-46-72-74(51-67)82(66-33-19-31-61(49-66)56-26-12-4-13-27-56)77-76(79-72)70(52-71-68-34-16-17-35-75(68)83-78(71)77)69-50-62(57-28-14-5-15-29-57)40-47-73(69)80-63-32-18-30-60(48-63)55-24-10-3-11-25-55/h1-52,80H. The number of benzene rings is 13. The van der Waals surface area contributed by atoms with Crippen LogP contribution in [0, 0.1) is 0 Å². The summed E-state index contributed by atoms with van der Waals surface area (Å²) in [5, 5.41) is 6.04. The maximum absolute atomic E-state index is 7.22. The van der Waals surface area contributed by atoms with Crippen LogP contribution >= 0.6 is 0 Å². The van der Waals surface area contributed by atoms with Crippen LogP contribution in [-0.4, -0.2) is 7.28 Å². The fraction of sp³-hybridized carbons (Fsp3) is 0. The monoisotopic (exact) mass is 1060 g/mol. The smallest absolute Gasteiger partial charge is 0.198 e. The topological polar surface area (TPSA) is 31.6 Å². The summed E-state index contributed by atoms with van der Waals surface area (Å²) in [4.78, 5) is 4.84. The lowest BCUT2D eigenvalue weighted by Gasteiger charge is -2.36. The molecule has 0 spiro atoms. The van der Waals surface area contributed by atoms with Gasteiger partial charge in [-0.2, -0.15) is 0 Å². The second-order valence-corrected chi connectivity index (χ2v) is 21.2. The largest absolute Gasteiger partial charge is 0.454 e. The van der Waals surface area contributed by atoms with Crippen molar-refractivity contribution in [2.75, 3.05) is 15.1 Å². The van der Waals surface area contributed by atoms with Crippen molar-refractivity contribution in [1.82, 2.24) is 0 Å². The van der Waals surface area contributed by atoms with Crippen molar-refractivity contribution < 1.29 is 4.42 Å². The molecular weight excluding hydrogens is 1010 g/mol. The molecule has 0 atom stereocenters. The summed E-state index contributed by atoms with van der Waals surface area (Å²) in [6, 6.07) is 113. The van der Waals surface area contributed by atoms with Crippen LogP contribution in [0.3, 0.4) is 0 Å². The molecule has 1 aliphatic heterocycles. The summed E-state index contributed by atoms with van der Waals surface area (Å²) in [6.45, 7) is 0. The van der Waals surface area contributed by atoms with E-state index in [1.807, 2.05) is 0 Å². The lowest BCUT2D eigenvalue weighted by atomic mass is 9.58. The number of hydrogen-bond donors (Lipinski definition) is 1. The van der Waals surface area contributed by atoms with Gasteiger partial charge in [0.05, 0.1) is 5.69 Å². The van der Waals surface area contributed by atoms with Crippen LogP contribution in [0.1, 0.15) is 0 Å². The van der Waals surface area contributed by atoms with Crippen molar-refractivity contribution in [2.45, 2.75) is 0 Å². The number of hydrogen-bond acceptors (Lipinski definition) is 4. The molecule has 389 valence electrons. The Morgan fingerprint density at radius 2 is 0.807 bits per heavy atom. The molecule has 2 heterocycles. The predicted octanol–water partition coefficient (Wildman–Crippen LogP) is 20.2. The minimum atomic E-state index is 0.816. The third-order valence-electron chi connectivity index (χ3n) is 16.1. The molecule has 0 saturated carbocycles. The van der Waals surface area contributed by atoms with Crippen molar-refractivity contribution >= 4 is 85.6 Å². The zero-order valence-electron chi connectivity index (χ0n) is 45.4. The SMILES string of the molecule is [B]1c2ccc(N(c3ccc(-c4ccccc4)cc3)c3ccc(-c4ccccc4)cc3)cc2N(c2cccc(-c3ccccc3)c2)c2c1c(-c1cc(-c3ccccc3)ccc1Nc1cccc(-c3ccccc3)c1)cc1c2oc2ccccc21. The van der Waals surface area contributed by atoms with E-state index in [1.165, 1.54) is 16.7 Å². The average Bonchev–Trinajstić information content (AvgIpc) is 2.90. The molecule has 5 heteroatoms. The number of fused-ring (bicyclic) bond motifs is 6. The Hall–Kier alpha value is -10.9. The highest BCUT2D eigenvalue weighted by molar-refractivity contribution is 6.74. The van der Waals surface area contributed by atoms with Crippen molar-refractivity contribution in [3.8, 4) is 66.8 Å². The molecular formula is C78H53BN3O. The molecule has 0 amide bonds.